The fraction of sp³-hybridized carbons (Fsp3) is 0.114. The molecule has 1 fully saturated rings. The molecule has 2 amide bonds. The summed E-state index contributed by atoms with van der Waals surface area (Å²) in [7, 11) is 0. The van der Waals surface area contributed by atoms with Gasteiger partial charge < -0.3 is 4.74 Å². The first-order chi connectivity index (χ1) is 20.0. The van der Waals surface area contributed by atoms with Crippen LogP contribution in [0, 0.1) is 23.7 Å². The SMILES string of the molecule is O=C(OCC1c2cc(C#Cc3ccccc3)ccc2-c2ccc(C#Cc3ccccc3)cc21)ON1C(=O)CCC1=O. The molecule has 4 aromatic rings. The van der Waals surface area contributed by atoms with E-state index in [1.807, 2.05) is 97.1 Å². The van der Waals surface area contributed by atoms with Gasteiger partial charge in [-0.25, -0.2) is 4.79 Å². The molecule has 0 atom stereocenters. The number of carbonyl (C=O) groups is 3. The zero-order chi connectivity index (χ0) is 28.2. The zero-order valence-electron chi connectivity index (χ0n) is 21.9. The number of benzene rings is 4. The van der Waals surface area contributed by atoms with E-state index in [0.717, 1.165) is 44.5 Å². The molecule has 4 aromatic carbocycles. The van der Waals surface area contributed by atoms with Gasteiger partial charge in [0.25, 0.3) is 11.8 Å². The van der Waals surface area contributed by atoms with Gasteiger partial charge in [0.2, 0.25) is 0 Å². The lowest BCUT2D eigenvalue weighted by molar-refractivity contribution is -0.177. The Morgan fingerprint density at radius 1 is 0.659 bits per heavy atom. The third kappa shape index (κ3) is 5.59. The van der Waals surface area contributed by atoms with Gasteiger partial charge in [0.05, 0.1) is 0 Å². The number of hydroxylamine groups is 2. The van der Waals surface area contributed by atoms with Crippen LogP contribution in [0.5, 0.6) is 0 Å². The smallest absolute Gasteiger partial charge is 0.432 e. The maximum Gasteiger partial charge on any atom is 0.533 e. The molecule has 6 nitrogen and oxygen atoms in total. The van der Waals surface area contributed by atoms with Gasteiger partial charge in [-0.1, -0.05) is 77.3 Å². The summed E-state index contributed by atoms with van der Waals surface area (Å²) < 4.78 is 5.46. The lowest BCUT2D eigenvalue weighted by Gasteiger charge is -2.16. The summed E-state index contributed by atoms with van der Waals surface area (Å²) in [5.41, 5.74) is 7.40. The van der Waals surface area contributed by atoms with E-state index in [9.17, 15) is 14.4 Å². The standard InChI is InChI=1S/C35H23NO5/c37-33-19-20-34(38)36(33)41-35(39)40-23-32-30-21-26(13-11-24-7-3-1-4-8-24)15-17-28(30)29-18-16-27(22-31(29)32)14-12-25-9-5-2-6-10-25/h1-10,15-18,21-22,32H,19-20,23H2. The van der Waals surface area contributed by atoms with Crippen LogP contribution in [0.4, 0.5) is 4.79 Å². The van der Waals surface area contributed by atoms with Crippen LogP contribution in [0.15, 0.2) is 97.1 Å². The number of carbonyl (C=O) groups excluding carboxylic acids is 3. The Labute approximate surface area is 237 Å². The molecule has 198 valence electrons. The molecule has 1 saturated heterocycles. The van der Waals surface area contributed by atoms with Gasteiger partial charge >= 0.3 is 6.16 Å². The highest BCUT2D eigenvalue weighted by molar-refractivity contribution is 6.01. The summed E-state index contributed by atoms with van der Waals surface area (Å²) in [6, 6.07) is 31.5. The molecule has 1 heterocycles. The van der Waals surface area contributed by atoms with Crippen molar-refractivity contribution in [3.05, 3.63) is 130 Å². The van der Waals surface area contributed by atoms with Crippen LogP contribution in [0.3, 0.4) is 0 Å². The van der Waals surface area contributed by atoms with Crippen molar-refractivity contribution in [1.29, 1.82) is 0 Å². The summed E-state index contributed by atoms with van der Waals surface area (Å²) in [6.45, 7) is -0.0554. The van der Waals surface area contributed by atoms with Crippen molar-refractivity contribution in [2.24, 2.45) is 0 Å². The van der Waals surface area contributed by atoms with Crippen LogP contribution in [-0.4, -0.2) is 29.6 Å². The third-order valence-corrected chi connectivity index (χ3v) is 6.93. The van der Waals surface area contributed by atoms with Gasteiger partial charge in [-0.2, -0.15) is 0 Å². The second-order valence-electron chi connectivity index (χ2n) is 9.62. The quantitative estimate of drug-likeness (QED) is 0.187. The minimum atomic E-state index is -1.11. The van der Waals surface area contributed by atoms with Gasteiger partial charge in [-0.15, -0.1) is 0 Å². The predicted octanol–water partition coefficient (Wildman–Crippen LogP) is 5.82. The Bertz CT molecular complexity index is 1670. The minimum absolute atomic E-state index is 0.00900. The fourth-order valence-electron chi connectivity index (χ4n) is 4.94. The number of rotatable bonds is 3. The molecule has 6 heteroatoms. The molecule has 0 unspecified atom stereocenters. The van der Waals surface area contributed by atoms with Crippen LogP contribution >= 0.6 is 0 Å². The molecular formula is C35H23NO5. The van der Waals surface area contributed by atoms with Crippen LogP contribution in [-0.2, 0) is 19.2 Å². The van der Waals surface area contributed by atoms with E-state index in [1.54, 1.807) is 0 Å². The van der Waals surface area contributed by atoms with Crippen molar-refractivity contribution in [2.45, 2.75) is 18.8 Å². The number of hydrogen-bond donors (Lipinski definition) is 0. The topological polar surface area (TPSA) is 72.9 Å². The average molecular weight is 538 g/mol. The molecular weight excluding hydrogens is 514 g/mol. The van der Waals surface area contributed by atoms with Gasteiger partial charge in [-0.05, 0) is 70.8 Å². The number of hydrogen-bond acceptors (Lipinski definition) is 5. The van der Waals surface area contributed by atoms with E-state index >= 15 is 0 Å². The van der Waals surface area contributed by atoms with Crippen molar-refractivity contribution in [3.8, 4) is 34.8 Å². The maximum atomic E-state index is 12.5. The van der Waals surface area contributed by atoms with Crippen LogP contribution in [0.2, 0.25) is 0 Å². The van der Waals surface area contributed by atoms with Gasteiger partial charge in [0.1, 0.15) is 6.61 Å². The van der Waals surface area contributed by atoms with Gasteiger partial charge in [0, 0.05) is 41.0 Å². The zero-order valence-corrected chi connectivity index (χ0v) is 21.9. The number of ether oxygens (including phenoxy) is 1. The van der Waals surface area contributed by atoms with Crippen LogP contribution in [0.1, 0.15) is 52.1 Å². The summed E-state index contributed by atoms with van der Waals surface area (Å²) in [6.07, 6.45) is -1.09. The van der Waals surface area contributed by atoms with E-state index in [-0.39, 0.29) is 25.4 Å². The molecule has 1 aliphatic carbocycles. The van der Waals surface area contributed by atoms with E-state index < -0.39 is 18.0 Å². The third-order valence-electron chi connectivity index (χ3n) is 6.93. The summed E-state index contributed by atoms with van der Waals surface area (Å²) in [4.78, 5) is 41.1. The molecule has 0 spiro atoms. The molecule has 2 aliphatic rings. The number of nitrogens with zero attached hydrogens (tertiary/aromatic N) is 1. The molecule has 1 aliphatic heterocycles. The van der Waals surface area contributed by atoms with Crippen LogP contribution in [0.25, 0.3) is 11.1 Å². The van der Waals surface area contributed by atoms with Crippen molar-refractivity contribution in [1.82, 2.24) is 5.06 Å². The Morgan fingerprint density at radius 2 is 1.12 bits per heavy atom. The maximum absolute atomic E-state index is 12.5. The number of fused-ring (bicyclic) bond motifs is 3. The van der Waals surface area contributed by atoms with Gasteiger partial charge in [-0.3, -0.25) is 14.4 Å². The fourth-order valence-corrected chi connectivity index (χ4v) is 4.94. The van der Waals surface area contributed by atoms with Crippen molar-refractivity contribution in [3.63, 3.8) is 0 Å². The first-order valence-electron chi connectivity index (χ1n) is 13.2. The summed E-state index contributed by atoms with van der Waals surface area (Å²) in [5, 5.41) is 0.480. The van der Waals surface area contributed by atoms with E-state index in [2.05, 4.69) is 23.7 Å². The van der Waals surface area contributed by atoms with Crippen LogP contribution < -0.4 is 0 Å². The Kier molecular flexibility index (Phi) is 7.05. The highest BCUT2D eigenvalue weighted by Crippen LogP contribution is 2.45. The summed E-state index contributed by atoms with van der Waals surface area (Å²) in [5.74, 6) is 11.4. The highest BCUT2D eigenvalue weighted by Gasteiger charge is 2.35. The monoisotopic (exact) mass is 537 g/mol. The first-order valence-corrected chi connectivity index (χ1v) is 13.2. The second-order valence-corrected chi connectivity index (χ2v) is 9.62. The normalized spacial score (nSPS) is 13.4. The first kappa shape index (κ1) is 25.7. The van der Waals surface area contributed by atoms with E-state index in [4.69, 9.17) is 9.57 Å². The molecule has 0 radical (unpaired) electrons. The Hall–Kier alpha value is -5.59. The molecule has 6 rings (SSSR count). The predicted molar refractivity (Wildman–Crippen MR) is 152 cm³/mol. The molecule has 41 heavy (non-hydrogen) atoms. The molecule has 0 aromatic heterocycles. The molecule has 0 N–H and O–H groups in total. The van der Waals surface area contributed by atoms with Crippen molar-refractivity contribution < 1.29 is 24.0 Å². The lowest BCUT2D eigenvalue weighted by atomic mass is 9.95. The number of amides is 2. The Balaban J connectivity index is 1.30. The van der Waals surface area contributed by atoms with E-state index in [0.29, 0.717) is 5.06 Å². The van der Waals surface area contributed by atoms with Crippen molar-refractivity contribution >= 4 is 18.0 Å². The molecule has 0 bridgehead atoms. The van der Waals surface area contributed by atoms with E-state index in [1.165, 1.54) is 0 Å². The van der Waals surface area contributed by atoms with Crippen molar-refractivity contribution in [2.75, 3.05) is 6.61 Å². The lowest BCUT2D eigenvalue weighted by Crippen LogP contribution is -2.32. The largest absolute Gasteiger partial charge is 0.533 e. The second kappa shape index (κ2) is 11.3. The molecule has 0 saturated carbocycles. The average Bonchev–Trinajstić information content (AvgIpc) is 3.49. The highest BCUT2D eigenvalue weighted by atomic mass is 16.8. The number of imide groups is 1. The van der Waals surface area contributed by atoms with Gasteiger partial charge in [0.15, 0.2) is 0 Å². The summed E-state index contributed by atoms with van der Waals surface area (Å²) >= 11 is 0. The minimum Gasteiger partial charge on any atom is -0.432 e. The Morgan fingerprint density at radius 3 is 1.61 bits per heavy atom.